The number of anilines is 1. The maximum absolute atomic E-state index is 11.7. The molecule has 4 nitrogen and oxygen atoms in total. The number of benzene rings is 1. The van der Waals surface area contributed by atoms with E-state index in [4.69, 9.17) is 11.5 Å². The number of carbonyl (C=O) groups is 1. The lowest BCUT2D eigenvalue weighted by molar-refractivity contribution is 0.0942. The van der Waals surface area contributed by atoms with E-state index in [1.54, 1.807) is 18.2 Å². The molecule has 0 radical (unpaired) electrons. The molecular formula is C10H14BrN3O. The fourth-order valence-corrected chi connectivity index (χ4v) is 1.48. The van der Waals surface area contributed by atoms with Crippen molar-refractivity contribution in [3.05, 3.63) is 28.2 Å². The number of nitrogens with two attached hydrogens (primary N) is 2. The van der Waals surface area contributed by atoms with Crippen molar-refractivity contribution < 1.29 is 4.79 Å². The van der Waals surface area contributed by atoms with Crippen LogP contribution in [0.5, 0.6) is 0 Å². The van der Waals surface area contributed by atoms with Crippen LogP contribution >= 0.6 is 15.9 Å². The van der Waals surface area contributed by atoms with E-state index in [0.717, 1.165) is 4.47 Å². The van der Waals surface area contributed by atoms with Crippen LogP contribution in [0.2, 0.25) is 0 Å². The van der Waals surface area contributed by atoms with E-state index >= 15 is 0 Å². The smallest absolute Gasteiger partial charge is 0.253 e. The minimum atomic E-state index is -0.196. The summed E-state index contributed by atoms with van der Waals surface area (Å²) in [4.78, 5) is 11.7. The van der Waals surface area contributed by atoms with E-state index < -0.39 is 0 Å². The Morgan fingerprint density at radius 3 is 2.80 bits per heavy atom. The summed E-state index contributed by atoms with van der Waals surface area (Å²) in [5.41, 5.74) is 12.0. The van der Waals surface area contributed by atoms with Crippen LogP contribution in [0.3, 0.4) is 0 Å². The molecule has 0 bridgehead atoms. The van der Waals surface area contributed by atoms with Gasteiger partial charge in [-0.3, -0.25) is 4.79 Å². The van der Waals surface area contributed by atoms with Crippen LogP contribution in [0, 0.1) is 0 Å². The molecule has 0 saturated heterocycles. The number of amides is 1. The molecule has 0 saturated carbocycles. The zero-order valence-electron chi connectivity index (χ0n) is 8.46. The van der Waals surface area contributed by atoms with Crippen molar-refractivity contribution in [1.29, 1.82) is 0 Å². The predicted octanol–water partition coefficient (Wildman–Crippen LogP) is 1.11. The SMILES string of the molecule is C[C@H](CN)NC(=O)c1ccc(Br)cc1N. The van der Waals surface area contributed by atoms with E-state index in [0.29, 0.717) is 17.8 Å². The average Bonchev–Trinajstić information content (AvgIpc) is 2.17. The summed E-state index contributed by atoms with van der Waals surface area (Å²) < 4.78 is 0.850. The van der Waals surface area contributed by atoms with Crippen molar-refractivity contribution >= 4 is 27.5 Å². The Balaban J connectivity index is 2.82. The van der Waals surface area contributed by atoms with Crippen molar-refractivity contribution in [1.82, 2.24) is 5.32 Å². The fraction of sp³-hybridized carbons (Fsp3) is 0.300. The van der Waals surface area contributed by atoms with Gasteiger partial charge in [0.15, 0.2) is 0 Å². The fourth-order valence-electron chi connectivity index (χ4n) is 1.10. The van der Waals surface area contributed by atoms with E-state index in [9.17, 15) is 4.79 Å². The first-order chi connectivity index (χ1) is 7.04. The molecule has 0 heterocycles. The summed E-state index contributed by atoms with van der Waals surface area (Å²) in [6.07, 6.45) is 0. The molecule has 15 heavy (non-hydrogen) atoms. The third kappa shape index (κ3) is 3.21. The number of hydrogen-bond acceptors (Lipinski definition) is 3. The van der Waals surface area contributed by atoms with Gasteiger partial charge >= 0.3 is 0 Å². The summed E-state index contributed by atoms with van der Waals surface area (Å²) in [5, 5.41) is 2.75. The largest absolute Gasteiger partial charge is 0.398 e. The lowest BCUT2D eigenvalue weighted by atomic mass is 10.1. The Kier molecular flexibility index (Phi) is 4.11. The maximum atomic E-state index is 11.7. The topological polar surface area (TPSA) is 81.1 Å². The number of carbonyl (C=O) groups excluding carboxylic acids is 1. The second-order valence-electron chi connectivity index (χ2n) is 3.34. The van der Waals surface area contributed by atoms with Crippen molar-refractivity contribution in [3.63, 3.8) is 0 Å². The third-order valence-electron chi connectivity index (χ3n) is 1.99. The van der Waals surface area contributed by atoms with Crippen LogP contribution in [-0.2, 0) is 0 Å². The lowest BCUT2D eigenvalue weighted by Crippen LogP contribution is -2.38. The minimum Gasteiger partial charge on any atom is -0.398 e. The average molecular weight is 272 g/mol. The molecule has 0 aromatic heterocycles. The molecule has 82 valence electrons. The van der Waals surface area contributed by atoms with Crippen LogP contribution in [0.1, 0.15) is 17.3 Å². The van der Waals surface area contributed by atoms with Crippen LogP contribution in [-0.4, -0.2) is 18.5 Å². The van der Waals surface area contributed by atoms with Crippen LogP contribution in [0.25, 0.3) is 0 Å². The monoisotopic (exact) mass is 271 g/mol. The van der Waals surface area contributed by atoms with Gasteiger partial charge in [-0.1, -0.05) is 15.9 Å². The van der Waals surface area contributed by atoms with Crippen molar-refractivity contribution in [2.24, 2.45) is 5.73 Å². The molecule has 1 amide bonds. The van der Waals surface area contributed by atoms with Gasteiger partial charge in [0.1, 0.15) is 0 Å². The second kappa shape index (κ2) is 5.14. The molecule has 0 aliphatic rings. The van der Waals surface area contributed by atoms with Crippen molar-refractivity contribution in [2.75, 3.05) is 12.3 Å². The molecule has 1 rings (SSSR count). The first-order valence-corrected chi connectivity index (χ1v) is 5.40. The molecular weight excluding hydrogens is 258 g/mol. The Morgan fingerprint density at radius 1 is 1.60 bits per heavy atom. The molecule has 1 aromatic carbocycles. The first kappa shape index (κ1) is 12.0. The molecule has 5 N–H and O–H groups in total. The second-order valence-corrected chi connectivity index (χ2v) is 4.26. The zero-order chi connectivity index (χ0) is 11.4. The Bertz CT molecular complexity index is 368. The first-order valence-electron chi connectivity index (χ1n) is 4.60. The highest BCUT2D eigenvalue weighted by Crippen LogP contribution is 2.18. The van der Waals surface area contributed by atoms with Gasteiger partial charge < -0.3 is 16.8 Å². The van der Waals surface area contributed by atoms with Crippen LogP contribution < -0.4 is 16.8 Å². The standard InChI is InChI=1S/C10H14BrN3O/c1-6(5-12)14-10(15)8-3-2-7(11)4-9(8)13/h2-4,6H,5,12-13H2,1H3,(H,14,15)/t6-/m1/s1. The Hall–Kier alpha value is -1.07. The highest BCUT2D eigenvalue weighted by molar-refractivity contribution is 9.10. The van der Waals surface area contributed by atoms with Crippen LogP contribution in [0.4, 0.5) is 5.69 Å². The quantitative estimate of drug-likeness (QED) is 0.721. The highest BCUT2D eigenvalue weighted by atomic mass is 79.9. The van der Waals surface area contributed by atoms with Crippen molar-refractivity contribution in [3.8, 4) is 0 Å². The van der Waals surface area contributed by atoms with Gasteiger partial charge in [0.05, 0.1) is 5.56 Å². The van der Waals surface area contributed by atoms with Gasteiger partial charge in [-0.2, -0.15) is 0 Å². The molecule has 0 fully saturated rings. The molecule has 0 unspecified atom stereocenters. The predicted molar refractivity (Wildman–Crippen MR) is 64.5 cm³/mol. The summed E-state index contributed by atoms with van der Waals surface area (Å²) >= 11 is 3.28. The number of rotatable bonds is 3. The van der Waals surface area contributed by atoms with E-state index in [1.807, 2.05) is 6.92 Å². The normalized spacial score (nSPS) is 12.2. The zero-order valence-corrected chi connectivity index (χ0v) is 10.0. The van der Waals surface area contributed by atoms with Crippen LogP contribution in [0.15, 0.2) is 22.7 Å². The van der Waals surface area contributed by atoms with E-state index in [1.165, 1.54) is 0 Å². The van der Waals surface area contributed by atoms with Gasteiger partial charge in [-0.15, -0.1) is 0 Å². The number of nitrogens with one attached hydrogen (secondary N) is 1. The summed E-state index contributed by atoms with van der Waals surface area (Å²) in [6.45, 7) is 2.25. The lowest BCUT2D eigenvalue weighted by Gasteiger charge is -2.12. The van der Waals surface area contributed by atoms with Gasteiger partial charge in [0.2, 0.25) is 0 Å². The molecule has 0 aliphatic carbocycles. The molecule has 1 atom stereocenters. The highest BCUT2D eigenvalue weighted by Gasteiger charge is 2.11. The Morgan fingerprint density at radius 2 is 2.27 bits per heavy atom. The van der Waals surface area contributed by atoms with Gasteiger partial charge in [-0.25, -0.2) is 0 Å². The Labute approximate surface area is 97.1 Å². The third-order valence-corrected chi connectivity index (χ3v) is 2.48. The van der Waals surface area contributed by atoms with Gasteiger partial charge in [0.25, 0.3) is 5.91 Å². The number of nitrogen functional groups attached to an aromatic ring is 1. The maximum Gasteiger partial charge on any atom is 0.253 e. The number of hydrogen-bond donors (Lipinski definition) is 3. The summed E-state index contributed by atoms with van der Waals surface area (Å²) in [7, 11) is 0. The molecule has 5 heteroatoms. The molecule has 0 spiro atoms. The van der Waals surface area contributed by atoms with E-state index in [-0.39, 0.29) is 11.9 Å². The summed E-state index contributed by atoms with van der Waals surface area (Å²) in [6, 6.07) is 5.10. The van der Waals surface area contributed by atoms with Crippen molar-refractivity contribution in [2.45, 2.75) is 13.0 Å². The van der Waals surface area contributed by atoms with Gasteiger partial charge in [0, 0.05) is 22.7 Å². The molecule has 1 aromatic rings. The molecule has 0 aliphatic heterocycles. The van der Waals surface area contributed by atoms with Gasteiger partial charge in [-0.05, 0) is 25.1 Å². The number of halogens is 1. The minimum absolute atomic E-state index is 0.0550. The summed E-state index contributed by atoms with van der Waals surface area (Å²) in [5.74, 6) is -0.196. The van der Waals surface area contributed by atoms with E-state index in [2.05, 4.69) is 21.2 Å².